The van der Waals surface area contributed by atoms with Crippen LogP contribution >= 0.6 is 11.8 Å². The SMILES string of the molecule is C[C@@H](N)c1ccccc1OC1CCOC2(CCSC2)C1. The topological polar surface area (TPSA) is 44.5 Å². The van der Waals surface area contributed by atoms with Gasteiger partial charge in [-0.05, 0) is 25.2 Å². The Labute approximate surface area is 125 Å². The Hall–Kier alpha value is -0.710. The number of para-hydroxylation sites is 1. The molecule has 20 heavy (non-hydrogen) atoms. The van der Waals surface area contributed by atoms with Crippen LogP contribution in [-0.4, -0.2) is 29.8 Å². The standard InChI is InChI=1S/C16H23NO2S/c1-12(17)14-4-2-3-5-15(14)19-13-6-8-18-16(10-13)7-9-20-11-16/h2-5,12-13H,6-11,17H2,1H3/t12-,13?,16?/m1/s1. The van der Waals surface area contributed by atoms with Gasteiger partial charge in [0.05, 0.1) is 12.2 Å². The van der Waals surface area contributed by atoms with E-state index in [1.807, 2.05) is 36.9 Å². The zero-order valence-corrected chi connectivity index (χ0v) is 12.8. The van der Waals surface area contributed by atoms with Gasteiger partial charge in [0, 0.05) is 30.2 Å². The minimum atomic E-state index is 0.00189. The monoisotopic (exact) mass is 293 g/mol. The average molecular weight is 293 g/mol. The van der Waals surface area contributed by atoms with Crippen molar-refractivity contribution in [3.63, 3.8) is 0 Å². The van der Waals surface area contributed by atoms with E-state index in [1.165, 1.54) is 5.75 Å². The molecular formula is C16H23NO2S. The van der Waals surface area contributed by atoms with Gasteiger partial charge in [-0.15, -0.1) is 0 Å². The molecule has 0 radical (unpaired) electrons. The Kier molecular flexibility index (Phi) is 4.24. The van der Waals surface area contributed by atoms with Crippen molar-refractivity contribution in [2.24, 2.45) is 5.73 Å². The van der Waals surface area contributed by atoms with Crippen molar-refractivity contribution in [3.05, 3.63) is 29.8 Å². The quantitative estimate of drug-likeness (QED) is 0.930. The fourth-order valence-corrected chi connectivity index (χ4v) is 4.47. The summed E-state index contributed by atoms with van der Waals surface area (Å²) in [6.45, 7) is 2.81. The van der Waals surface area contributed by atoms with Crippen LogP contribution in [0.25, 0.3) is 0 Å². The van der Waals surface area contributed by atoms with Crippen molar-refractivity contribution in [2.75, 3.05) is 18.1 Å². The Balaban J connectivity index is 1.71. The number of ether oxygens (including phenoxy) is 2. The second-order valence-corrected chi connectivity index (χ2v) is 7.00. The van der Waals surface area contributed by atoms with E-state index in [9.17, 15) is 0 Å². The van der Waals surface area contributed by atoms with E-state index >= 15 is 0 Å². The Morgan fingerprint density at radius 1 is 1.45 bits per heavy atom. The molecule has 2 saturated heterocycles. The van der Waals surface area contributed by atoms with Gasteiger partial charge < -0.3 is 15.2 Å². The number of thioether (sulfide) groups is 1. The Bertz CT molecular complexity index is 458. The molecule has 3 atom stereocenters. The van der Waals surface area contributed by atoms with Crippen LogP contribution in [0.1, 0.15) is 37.8 Å². The number of rotatable bonds is 3. The van der Waals surface area contributed by atoms with Crippen LogP contribution in [0.5, 0.6) is 5.75 Å². The van der Waals surface area contributed by atoms with Gasteiger partial charge in [-0.25, -0.2) is 0 Å². The highest BCUT2D eigenvalue weighted by atomic mass is 32.2. The molecular weight excluding hydrogens is 270 g/mol. The Morgan fingerprint density at radius 3 is 3.05 bits per heavy atom. The highest BCUT2D eigenvalue weighted by Gasteiger charge is 2.41. The molecule has 2 N–H and O–H groups in total. The van der Waals surface area contributed by atoms with E-state index in [1.54, 1.807) is 0 Å². The third-order valence-electron chi connectivity index (χ3n) is 4.22. The summed E-state index contributed by atoms with van der Waals surface area (Å²) in [4.78, 5) is 0. The lowest BCUT2D eigenvalue weighted by atomic mass is 9.91. The molecule has 0 amide bonds. The zero-order chi connectivity index (χ0) is 14.0. The van der Waals surface area contributed by atoms with E-state index in [0.717, 1.165) is 42.9 Å². The molecule has 2 aliphatic rings. The molecule has 0 aromatic heterocycles. The molecule has 2 fully saturated rings. The first-order valence-corrected chi connectivity index (χ1v) is 8.57. The van der Waals surface area contributed by atoms with Crippen LogP contribution < -0.4 is 10.5 Å². The molecule has 0 aliphatic carbocycles. The van der Waals surface area contributed by atoms with Gasteiger partial charge in [-0.2, -0.15) is 11.8 Å². The largest absolute Gasteiger partial charge is 0.490 e. The maximum absolute atomic E-state index is 6.27. The lowest BCUT2D eigenvalue weighted by molar-refractivity contribution is -0.0960. The molecule has 0 saturated carbocycles. The first-order valence-electron chi connectivity index (χ1n) is 7.41. The number of benzene rings is 1. The van der Waals surface area contributed by atoms with Gasteiger partial charge >= 0.3 is 0 Å². The van der Waals surface area contributed by atoms with Gasteiger partial charge in [0.25, 0.3) is 0 Å². The summed E-state index contributed by atoms with van der Waals surface area (Å²) in [7, 11) is 0. The molecule has 3 rings (SSSR count). The number of hydrogen-bond donors (Lipinski definition) is 1. The maximum Gasteiger partial charge on any atom is 0.124 e. The zero-order valence-electron chi connectivity index (χ0n) is 12.0. The molecule has 4 heteroatoms. The fourth-order valence-electron chi connectivity index (χ4n) is 3.09. The summed E-state index contributed by atoms with van der Waals surface area (Å²) >= 11 is 2.00. The molecule has 2 aliphatic heterocycles. The van der Waals surface area contributed by atoms with Crippen LogP contribution in [0.2, 0.25) is 0 Å². The second-order valence-electron chi connectivity index (χ2n) is 5.89. The van der Waals surface area contributed by atoms with Gasteiger partial charge in [0.15, 0.2) is 0 Å². The van der Waals surface area contributed by atoms with E-state index in [-0.39, 0.29) is 17.7 Å². The third kappa shape index (κ3) is 2.97. The van der Waals surface area contributed by atoms with Gasteiger partial charge in [-0.3, -0.25) is 0 Å². The first-order chi connectivity index (χ1) is 9.69. The molecule has 1 spiro atoms. The number of hydrogen-bond acceptors (Lipinski definition) is 4. The van der Waals surface area contributed by atoms with Gasteiger partial charge in [0.1, 0.15) is 11.9 Å². The van der Waals surface area contributed by atoms with Gasteiger partial charge in [-0.1, -0.05) is 18.2 Å². The summed E-state index contributed by atoms with van der Waals surface area (Å²) in [5.74, 6) is 3.26. The number of nitrogens with two attached hydrogens (primary N) is 1. The van der Waals surface area contributed by atoms with E-state index in [2.05, 4.69) is 6.07 Å². The molecule has 1 aromatic rings. The third-order valence-corrected chi connectivity index (χ3v) is 5.44. The molecule has 1 aromatic carbocycles. The van der Waals surface area contributed by atoms with E-state index in [0.29, 0.717) is 0 Å². The highest BCUT2D eigenvalue weighted by molar-refractivity contribution is 7.99. The molecule has 2 unspecified atom stereocenters. The fraction of sp³-hybridized carbons (Fsp3) is 0.625. The predicted octanol–water partition coefficient (Wildman–Crippen LogP) is 3.14. The summed E-state index contributed by atoms with van der Waals surface area (Å²) in [6.07, 6.45) is 3.39. The predicted molar refractivity (Wildman–Crippen MR) is 83.3 cm³/mol. The lowest BCUT2D eigenvalue weighted by Gasteiger charge is -2.38. The van der Waals surface area contributed by atoms with Crippen LogP contribution in [-0.2, 0) is 4.74 Å². The van der Waals surface area contributed by atoms with Crippen molar-refractivity contribution < 1.29 is 9.47 Å². The summed E-state index contributed by atoms with van der Waals surface area (Å²) in [6, 6.07) is 8.12. The average Bonchev–Trinajstić information content (AvgIpc) is 2.87. The normalized spacial score (nSPS) is 31.4. The van der Waals surface area contributed by atoms with Crippen molar-refractivity contribution in [3.8, 4) is 5.75 Å². The molecule has 3 nitrogen and oxygen atoms in total. The Morgan fingerprint density at radius 2 is 2.30 bits per heavy atom. The van der Waals surface area contributed by atoms with Gasteiger partial charge in [0.2, 0.25) is 0 Å². The minimum absolute atomic E-state index is 0.00189. The summed E-state index contributed by atoms with van der Waals surface area (Å²) in [5, 5.41) is 0. The van der Waals surface area contributed by atoms with E-state index in [4.69, 9.17) is 15.2 Å². The van der Waals surface area contributed by atoms with E-state index < -0.39 is 0 Å². The van der Waals surface area contributed by atoms with Crippen LogP contribution in [0, 0.1) is 0 Å². The molecule has 0 bridgehead atoms. The first kappa shape index (κ1) is 14.2. The summed E-state index contributed by atoms with van der Waals surface area (Å²) in [5.41, 5.74) is 7.19. The van der Waals surface area contributed by atoms with Crippen molar-refractivity contribution >= 4 is 11.8 Å². The summed E-state index contributed by atoms with van der Waals surface area (Å²) < 4.78 is 12.3. The molecule has 110 valence electrons. The van der Waals surface area contributed by atoms with Crippen molar-refractivity contribution in [1.29, 1.82) is 0 Å². The highest BCUT2D eigenvalue weighted by Crippen LogP contribution is 2.39. The van der Waals surface area contributed by atoms with Crippen LogP contribution in [0.15, 0.2) is 24.3 Å². The smallest absolute Gasteiger partial charge is 0.124 e. The second kappa shape index (κ2) is 5.96. The van der Waals surface area contributed by atoms with Crippen molar-refractivity contribution in [1.82, 2.24) is 0 Å². The minimum Gasteiger partial charge on any atom is -0.490 e. The lowest BCUT2D eigenvalue weighted by Crippen LogP contribution is -2.44. The molecule has 2 heterocycles. The maximum atomic E-state index is 6.27. The van der Waals surface area contributed by atoms with Crippen LogP contribution in [0.3, 0.4) is 0 Å². The van der Waals surface area contributed by atoms with Crippen molar-refractivity contribution in [2.45, 2.75) is 43.9 Å². The van der Waals surface area contributed by atoms with Crippen LogP contribution in [0.4, 0.5) is 0 Å².